The van der Waals surface area contributed by atoms with Gasteiger partial charge >= 0.3 is 13.5 Å². The zero-order chi connectivity index (χ0) is 30.3. The molecule has 0 bridgehead atoms. The minimum Gasteiger partial charge on any atom is -0.370 e. The van der Waals surface area contributed by atoms with E-state index in [2.05, 4.69) is 44.6 Å². The van der Waals surface area contributed by atoms with Crippen molar-refractivity contribution in [3.63, 3.8) is 0 Å². The fourth-order valence-corrected chi connectivity index (χ4v) is 6.03. The Labute approximate surface area is 239 Å². The molecule has 2 saturated heterocycles. The van der Waals surface area contributed by atoms with Gasteiger partial charge in [-0.25, -0.2) is 13.8 Å². The van der Waals surface area contributed by atoms with Crippen LogP contribution in [0.15, 0.2) is 39.8 Å². The highest BCUT2D eigenvalue weighted by Crippen LogP contribution is 2.48. The maximum atomic E-state index is 14.0. The summed E-state index contributed by atoms with van der Waals surface area (Å²) in [5, 5.41) is 6.08. The average Bonchev–Trinajstić information content (AvgIpc) is 3.40. The maximum absolute atomic E-state index is 14.0. The Balaban J connectivity index is 0.000000398. The highest BCUT2D eigenvalue weighted by Gasteiger charge is 2.36. The van der Waals surface area contributed by atoms with Crippen molar-refractivity contribution in [1.82, 2.24) is 14.9 Å². The summed E-state index contributed by atoms with van der Waals surface area (Å²) in [7, 11) is -0.669. The second-order valence-corrected chi connectivity index (χ2v) is 13.3. The number of amides is 1. The van der Waals surface area contributed by atoms with E-state index in [1.165, 1.54) is 26.5 Å². The first-order valence-corrected chi connectivity index (χ1v) is 15.5. The molecule has 1 aliphatic carbocycles. The first-order valence-electron chi connectivity index (χ1n) is 13.2. The van der Waals surface area contributed by atoms with E-state index in [0.29, 0.717) is 6.42 Å². The van der Waals surface area contributed by atoms with Gasteiger partial charge in [0.1, 0.15) is 12.0 Å². The van der Waals surface area contributed by atoms with Gasteiger partial charge in [0, 0.05) is 37.4 Å². The molecule has 226 valence electrons. The third-order valence-corrected chi connectivity index (χ3v) is 8.50. The molecule has 3 unspecified atom stereocenters. The van der Waals surface area contributed by atoms with Crippen LogP contribution < -0.4 is 16.3 Å². The van der Waals surface area contributed by atoms with Crippen LogP contribution in [-0.4, -0.2) is 52.9 Å². The molecule has 1 aromatic rings. The van der Waals surface area contributed by atoms with Crippen molar-refractivity contribution in [2.24, 2.45) is 5.92 Å². The predicted octanol–water partition coefficient (Wildman–Crippen LogP) is 5.53. The summed E-state index contributed by atoms with van der Waals surface area (Å²) in [5.41, 5.74) is 0.311. The molecule has 3 aliphatic rings. The zero-order valence-electron chi connectivity index (χ0n) is 24.6. The zero-order valence-corrected chi connectivity index (χ0v) is 26.3. The number of carbonyl (C=O) groups is 1. The van der Waals surface area contributed by atoms with Crippen molar-refractivity contribution < 1.29 is 32.1 Å². The lowest BCUT2D eigenvalue weighted by atomic mass is 9.98. The summed E-state index contributed by atoms with van der Waals surface area (Å²) in [6.07, 6.45) is 3.56. The highest BCUT2D eigenvalue weighted by atomic mass is 32.2. The van der Waals surface area contributed by atoms with E-state index in [0.717, 1.165) is 15.2 Å². The van der Waals surface area contributed by atoms with Gasteiger partial charge in [0.15, 0.2) is 6.23 Å². The largest absolute Gasteiger partial charge is 0.474 e. The number of rotatable bonds is 7. The first kappa shape index (κ1) is 34.2. The molecular weight excluding hydrogens is 562 g/mol. The van der Waals surface area contributed by atoms with Gasteiger partial charge in [0.2, 0.25) is 5.91 Å². The van der Waals surface area contributed by atoms with Crippen molar-refractivity contribution in [1.29, 1.82) is 0 Å². The van der Waals surface area contributed by atoms with Crippen molar-refractivity contribution in [2.45, 2.75) is 90.8 Å². The van der Waals surface area contributed by atoms with Gasteiger partial charge in [-0.3, -0.25) is 22.9 Å². The van der Waals surface area contributed by atoms with Crippen LogP contribution >= 0.6 is 19.6 Å². The minimum absolute atomic E-state index is 0.0941. The molecule has 1 amide bonds. The van der Waals surface area contributed by atoms with Gasteiger partial charge in [0.05, 0.1) is 23.0 Å². The molecule has 3 heterocycles. The lowest BCUT2D eigenvalue weighted by molar-refractivity contribution is -0.118. The summed E-state index contributed by atoms with van der Waals surface area (Å²) >= 11 is 1.74. The van der Waals surface area contributed by atoms with Crippen LogP contribution in [0, 0.1) is 5.92 Å². The normalized spacial score (nSPS) is 24.9. The Hall–Kier alpha value is -2.02. The predicted molar refractivity (Wildman–Crippen MR) is 154 cm³/mol. The Kier molecular flexibility index (Phi) is 12.6. The summed E-state index contributed by atoms with van der Waals surface area (Å²) in [6, 6.07) is 1.49. The van der Waals surface area contributed by atoms with E-state index in [9.17, 15) is 18.5 Å². The van der Waals surface area contributed by atoms with E-state index in [4.69, 9.17) is 9.26 Å². The molecule has 0 saturated carbocycles. The number of ether oxygens (including phenoxy) is 1. The number of phosphoric ester groups is 1. The number of alkyl halides is 1. The number of hydrogen-bond donors (Lipinski definition) is 2. The number of phosphoric acid groups is 1. The lowest BCUT2D eigenvalue weighted by Gasteiger charge is -2.18. The molecule has 0 spiro atoms. The smallest absolute Gasteiger partial charge is 0.370 e. The number of halogens is 1. The molecule has 4 atom stereocenters. The summed E-state index contributed by atoms with van der Waals surface area (Å²) < 4.78 is 45.6. The van der Waals surface area contributed by atoms with Gasteiger partial charge in [-0.2, -0.15) is 4.98 Å². The molecule has 4 rings (SSSR count). The maximum Gasteiger partial charge on any atom is 0.474 e. The van der Waals surface area contributed by atoms with Crippen LogP contribution in [0.1, 0.15) is 67.5 Å². The number of allylic oxidation sites excluding steroid dienone is 1. The Morgan fingerprint density at radius 1 is 1.32 bits per heavy atom. The quantitative estimate of drug-likeness (QED) is 0.384. The van der Waals surface area contributed by atoms with E-state index in [1.807, 2.05) is 19.9 Å². The SMILES string of the molecule is CC.CC1C[C@H](F)C(n2ccc(NC(=O)C3C=C4NC(C)(C)SC4=CC3)nc2=O)O1.COP(=O)(OC)OC(C)C. The van der Waals surface area contributed by atoms with Crippen molar-refractivity contribution in [3.8, 4) is 0 Å². The molecule has 2 aliphatic heterocycles. The topological polar surface area (TPSA) is 130 Å². The average molecular weight is 605 g/mol. The van der Waals surface area contributed by atoms with Gasteiger partial charge in [-0.1, -0.05) is 31.7 Å². The Bertz CT molecular complexity index is 1180. The molecule has 2 fully saturated rings. The van der Waals surface area contributed by atoms with E-state index in [1.54, 1.807) is 32.5 Å². The van der Waals surface area contributed by atoms with E-state index in [-0.39, 0.29) is 41.1 Å². The molecular formula is C26H42FN4O7PS. The van der Waals surface area contributed by atoms with E-state index < -0.39 is 25.9 Å². The third-order valence-electron chi connectivity index (χ3n) is 5.71. The van der Waals surface area contributed by atoms with Crippen molar-refractivity contribution >= 4 is 31.3 Å². The number of anilines is 1. The lowest BCUT2D eigenvalue weighted by Crippen LogP contribution is -2.32. The van der Waals surface area contributed by atoms with Crippen LogP contribution in [0.2, 0.25) is 0 Å². The molecule has 2 N–H and O–H groups in total. The number of aromatic nitrogens is 2. The molecule has 0 radical (unpaired) electrons. The van der Waals surface area contributed by atoms with Crippen LogP contribution in [0.5, 0.6) is 0 Å². The molecule has 14 heteroatoms. The second-order valence-electron chi connectivity index (χ2n) is 9.78. The minimum atomic E-state index is -3.24. The fraction of sp³-hybridized carbons (Fsp3) is 0.654. The second kappa shape index (κ2) is 14.7. The summed E-state index contributed by atoms with van der Waals surface area (Å²) in [5.74, 6) is -0.438. The number of hydrogen-bond acceptors (Lipinski definition) is 10. The van der Waals surface area contributed by atoms with Crippen LogP contribution in [-0.2, 0) is 27.7 Å². The van der Waals surface area contributed by atoms with Gasteiger partial charge in [-0.15, -0.1) is 0 Å². The van der Waals surface area contributed by atoms with Crippen molar-refractivity contribution in [3.05, 3.63) is 45.5 Å². The fourth-order valence-electron chi connectivity index (χ4n) is 4.07. The number of carbonyl (C=O) groups excluding carboxylic acids is 1. The summed E-state index contributed by atoms with van der Waals surface area (Å²) in [4.78, 5) is 29.8. The number of thioether (sulfide) groups is 1. The molecule has 11 nitrogen and oxygen atoms in total. The first-order chi connectivity index (χ1) is 18.8. The molecule has 40 heavy (non-hydrogen) atoms. The number of fused-ring (bicyclic) bond motifs is 1. The van der Waals surface area contributed by atoms with Crippen LogP contribution in [0.4, 0.5) is 10.2 Å². The standard InChI is InChI=1S/C19H23FN4O3S.C5H13O4P.C2H6/c1-10-8-12(20)17(27-10)24-7-6-15(22-18(24)26)21-16(25)11-4-5-14-13(9-11)23-19(2,3)28-14;1-5(2)9-10(6,7-3)8-4;1-2/h5-7,9-12,17,23H,4,8H2,1-3H3,(H,21,22,25,26);5H,1-4H3;1-2H3/t10?,11?,12-,17?;;/m0../s1. The summed E-state index contributed by atoms with van der Waals surface area (Å²) in [6.45, 7) is 13.4. The Morgan fingerprint density at radius 3 is 2.48 bits per heavy atom. The van der Waals surface area contributed by atoms with Gasteiger partial charge in [0.25, 0.3) is 0 Å². The number of nitrogens with one attached hydrogen (secondary N) is 2. The molecule has 1 aromatic heterocycles. The number of nitrogens with zero attached hydrogens (tertiary/aromatic N) is 2. The van der Waals surface area contributed by atoms with Crippen LogP contribution in [0.25, 0.3) is 0 Å². The van der Waals surface area contributed by atoms with Gasteiger partial charge in [-0.05, 0) is 53.2 Å². The molecule has 0 aromatic carbocycles. The monoisotopic (exact) mass is 604 g/mol. The third kappa shape index (κ3) is 9.25. The highest BCUT2D eigenvalue weighted by molar-refractivity contribution is 8.04. The van der Waals surface area contributed by atoms with E-state index >= 15 is 0 Å². The van der Waals surface area contributed by atoms with Crippen LogP contribution in [0.3, 0.4) is 0 Å². The Morgan fingerprint density at radius 2 is 1.98 bits per heavy atom. The van der Waals surface area contributed by atoms with Gasteiger partial charge < -0.3 is 15.4 Å². The van der Waals surface area contributed by atoms with Crippen molar-refractivity contribution in [2.75, 3.05) is 19.5 Å².